The molecular weight excluding hydrogens is 447 g/mol. The van der Waals surface area contributed by atoms with Gasteiger partial charge in [-0.2, -0.15) is 0 Å². The summed E-state index contributed by atoms with van der Waals surface area (Å²) >= 11 is 0. The second-order valence-electron chi connectivity index (χ2n) is 9.82. The first-order chi connectivity index (χ1) is 17.1. The normalized spacial score (nSPS) is 19.7. The SMILES string of the molecule is COC(=O)c1cccc(CC2CCCP(c3ccccc3)(c3ccccc3)(c3ccccc3)C2)c1. The zero-order chi connectivity index (χ0) is 24.2. The van der Waals surface area contributed by atoms with E-state index in [1.807, 2.05) is 18.2 Å². The van der Waals surface area contributed by atoms with E-state index in [4.69, 9.17) is 4.74 Å². The topological polar surface area (TPSA) is 26.3 Å². The van der Waals surface area contributed by atoms with Gasteiger partial charge in [0.2, 0.25) is 0 Å². The van der Waals surface area contributed by atoms with Gasteiger partial charge in [0, 0.05) is 0 Å². The summed E-state index contributed by atoms with van der Waals surface area (Å²) in [5.41, 5.74) is 1.85. The maximum atomic E-state index is 12.2. The molecule has 1 atom stereocenters. The van der Waals surface area contributed by atoms with Crippen LogP contribution in [-0.2, 0) is 11.2 Å². The number of ether oxygens (including phenoxy) is 1. The first-order valence-corrected chi connectivity index (χ1v) is 15.1. The van der Waals surface area contributed by atoms with E-state index in [1.54, 1.807) is 0 Å². The molecule has 0 aliphatic carbocycles. The van der Waals surface area contributed by atoms with Crippen molar-refractivity contribution in [3.63, 3.8) is 0 Å². The molecule has 1 aliphatic rings. The second kappa shape index (κ2) is 9.80. The third-order valence-corrected chi connectivity index (χ3v) is 15.2. The van der Waals surface area contributed by atoms with Crippen LogP contribution in [-0.4, -0.2) is 25.4 Å². The van der Waals surface area contributed by atoms with Crippen LogP contribution in [0.5, 0.6) is 0 Å². The minimum atomic E-state index is -2.73. The van der Waals surface area contributed by atoms with Crippen molar-refractivity contribution in [2.45, 2.75) is 19.3 Å². The van der Waals surface area contributed by atoms with E-state index in [0.29, 0.717) is 11.5 Å². The molecule has 0 N–H and O–H groups in total. The fourth-order valence-electron chi connectivity index (χ4n) is 6.44. The Kier molecular flexibility index (Phi) is 6.58. The van der Waals surface area contributed by atoms with Crippen LogP contribution in [0.25, 0.3) is 0 Å². The molecule has 0 radical (unpaired) electrons. The predicted molar refractivity (Wildman–Crippen MR) is 149 cm³/mol. The summed E-state index contributed by atoms with van der Waals surface area (Å²) in [7, 11) is 1.44. The Bertz CT molecular complexity index is 1190. The Hall–Kier alpha value is -3.22. The average molecular weight is 481 g/mol. The van der Waals surface area contributed by atoms with E-state index in [-0.39, 0.29) is 5.97 Å². The van der Waals surface area contributed by atoms with Crippen molar-refractivity contribution < 1.29 is 9.53 Å². The summed E-state index contributed by atoms with van der Waals surface area (Å²) in [6.07, 6.45) is 5.70. The molecule has 5 rings (SSSR count). The van der Waals surface area contributed by atoms with E-state index < -0.39 is 6.60 Å². The van der Waals surface area contributed by atoms with Crippen LogP contribution in [0.2, 0.25) is 0 Å². The summed E-state index contributed by atoms with van der Waals surface area (Å²) in [6, 6.07) is 41.9. The van der Waals surface area contributed by atoms with Crippen LogP contribution in [0, 0.1) is 5.92 Å². The van der Waals surface area contributed by atoms with Crippen LogP contribution in [0.1, 0.15) is 28.8 Å². The van der Waals surface area contributed by atoms with E-state index in [1.165, 1.54) is 47.6 Å². The molecule has 1 saturated heterocycles. The monoisotopic (exact) mass is 480 g/mol. The van der Waals surface area contributed by atoms with Gasteiger partial charge in [-0.25, -0.2) is 0 Å². The van der Waals surface area contributed by atoms with Gasteiger partial charge in [-0.3, -0.25) is 0 Å². The second-order valence-corrected chi connectivity index (χ2v) is 15.2. The Balaban J connectivity index is 1.66. The van der Waals surface area contributed by atoms with Gasteiger partial charge in [-0.1, -0.05) is 0 Å². The molecule has 0 amide bonds. The number of carbonyl (C=O) groups excluding carboxylic acids is 1. The molecule has 1 unspecified atom stereocenters. The van der Waals surface area contributed by atoms with Gasteiger partial charge in [0.1, 0.15) is 0 Å². The Morgan fingerprint density at radius 1 is 0.771 bits per heavy atom. The number of benzene rings is 4. The van der Waals surface area contributed by atoms with Crippen LogP contribution >= 0.6 is 6.60 Å². The molecule has 1 fully saturated rings. The average Bonchev–Trinajstić information content (AvgIpc) is 2.94. The third kappa shape index (κ3) is 4.11. The van der Waals surface area contributed by atoms with E-state index in [0.717, 1.165) is 12.6 Å². The number of hydrogen-bond acceptors (Lipinski definition) is 2. The van der Waals surface area contributed by atoms with Gasteiger partial charge in [0.05, 0.1) is 0 Å². The summed E-state index contributed by atoms with van der Waals surface area (Å²) in [5, 5.41) is 4.47. The third-order valence-electron chi connectivity index (χ3n) is 7.94. The van der Waals surface area contributed by atoms with Gasteiger partial charge < -0.3 is 0 Å². The van der Waals surface area contributed by atoms with Crippen molar-refractivity contribution in [2.75, 3.05) is 19.4 Å². The summed E-state index contributed by atoms with van der Waals surface area (Å²) in [5.74, 6) is 0.253. The fraction of sp³-hybridized carbons (Fsp3) is 0.219. The quantitative estimate of drug-likeness (QED) is 0.252. The minimum absolute atomic E-state index is 0.270. The molecule has 0 aromatic heterocycles. The molecule has 2 nitrogen and oxygen atoms in total. The van der Waals surface area contributed by atoms with Crippen molar-refractivity contribution in [3.8, 4) is 0 Å². The van der Waals surface area contributed by atoms with Gasteiger partial charge in [0.15, 0.2) is 0 Å². The molecule has 4 aromatic rings. The summed E-state index contributed by atoms with van der Waals surface area (Å²) in [4.78, 5) is 12.2. The molecule has 1 aliphatic heterocycles. The van der Waals surface area contributed by atoms with E-state index in [9.17, 15) is 4.79 Å². The number of hydrogen-bond donors (Lipinski definition) is 0. The molecule has 1 heterocycles. The van der Waals surface area contributed by atoms with Gasteiger partial charge in [-0.05, 0) is 0 Å². The van der Waals surface area contributed by atoms with Crippen LogP contribution < -0.4 is 15.9 Å². The number of esters is 1. The van der Waals surface area contributed by atoms with Crippen molar-refractivity contribution in [3.05, 3.63) is 126 Å². The fourth-order valence-corrected chi connectivity index (χ4v) is 13.9. The standard InChI is InChI=1S/C32H33O2P/c1-34-32(33)28-15-11-13-26(24-28)23-27-14-12-22-35(25-27,29-16-5-2-6-17-29,30-18-7-3-8-19-30)31-20-9-4-10-21-31/h2-11,13,15-21,24,27H,12,14,22-23,25H2,1H3. The molecule has 4 aromatic carbocycles. The van der Waals surface area contributed by atoms with Crippen molar-refractivity contribution >= 4 is 28.5 Å². The number of methoxy groups -OCH3 is 1. The Morgan fingerprint density at radius 2 is 1.31 bits per heavy atom. The van der Waals surface area contributed by atoms with Crippen LogP contribution in [0.4, 0.5) is 0 Å². The summed E-state index contributed by atoms with van der Waals surface area (Å²) in [6.45, 7) is -2.73. The van der Waals surface area contributed by atoms with Gasteiger partial charge in [0.25, 0.3) is 0 Å². The molecule has 0 spiro atoms. The Labute approximate surface area is 208 Å². The molecule has 0 saturated carbocycles. The maximum absolute atomic E-state index is 12.2. The first-order valence-electron chi connectivity index (χ1n) is 12.5. The summed E-state index contributed by atoms with van der Waals surface area (Å²) < 4.78 is 4.97. The van der Waals surface area contributed by atoms with E-state index >= 15 is 0 Å². The number of rotatable bonds is 6. The number of carbonyl (C=O) groups is 1. The van der Waals surface area contributed by atoms with Crippen LogP contribution in [0.15, 0.2) is 115 Å². The molecular formula is C32H33O2P. The predicted octanol–water partition coefficient (Wildman–Crippen LogP) is 5.96. The zero-order valence-electron chi connectivity index (χ0n) is 20.3. The Morgan fingerprint density at radius 3 is 1.83 bits per heavy atom. The molecule has 35 heavy (non-hydrogen) atoms. The zero-order valence-corrected chi connectivity index (χ0v) is 21.2. The van der Waals surface area contributed by atoms with E-state index in [2.05, 4.69) is 97.1 Å². The van der Waals surface area contributed by atoms with Gasteiger partial charge in [-0.15, -0.1) is 0 Å². The molecule has 3 heteroatoms. The van der Waals surface area contributed by atoms with Crippen molar-refractivity contribution in [1.29, 1.82) is 0 Å². The van der Waals surface area contributed by atoms with Crippen molar-refractivity contribution in [1.82, 2.24) is 0 Å². The molecule has 0 bridgehead atoms. The van der Waals surface area contributed by atoms with Crippen molar-refractivity contribution in [2.24, 2.45) is 5.92 Å². The van der Waals surface area contributed by atoms with Crippen LogP contribution in [0.3, 0.4) is 0 Å². The van der Waals surface area contributed by atoms with Gasteiger partial charge >= 0.3 is 209 Å². The first kappa shape index (κ1) is 23.5. The molecule has 178 valence electrons.